The van der Waals surface area contributed by atoms with Gasteiger partial charge in [-0.3, -0.25) is 9.59 Å². The van der Waals surface area contributed by atoms with Crippen LogP contribution in [-0.2, 0) is 14.0 Å². The number of hydrogen-bond donors (Lipinski definition) is 0. The molecule has 7 heteroatoms. The summed E-state index contributed by atoms with van der Waals surface area (Å²) in [5, 5.41) is 0.0108. The Morgan fingerprint density at radius 3 is 1.69 bits per heavy atom. The van der Waals surface area contributed by atoms with Crippen molar-refractivity contribution >= 4 is 20.0 Å². The zero-order chi connectivity index (χ0) is 26.1. The third kappa shape index (κ3) is 5.31. The number of methoxy groups -OCH3 is 2. The number of rotatable bonds is 9. The van der Waals surface area contributed by atoms with Crippen molar-refractivity contribution in [3.05, 3.63) is 59.7 Å². The summed E-state index contributed by atoms with van der Waals surface area (Å²) in [6.07, 6.45) is -0.290. The summed E-state index contributed by atoms with van der Waals surface area (Å²) in [6.45, 7) is 14.5. The highest BCUT2D eigenvalue weighted by molar-refractivity contribution is 6.74. The molecule has 190 valence electrons. The number of Topliss-reactive ketones (excluding diaryl/α,β-unsaturated/α-hetero) is 1. The Morgan fingerprint density at radius 1 is 0.914 bits per heavy atom. The highest BCUT2D eigenvalue weighted by atomic mass is 28.4. The van der Waals surface area contributed by atoms with Crippen LogP contribution >= 0.6 is 0 Å². The molecule has 0 unspecified atom stereocenters. The molecule has 0 spiro atoms. The lowest BCUT2D eigenvalue weighted by atomic mass is 9.78. The fourth-order valence-corrected chi connectivity index (χ4v) is 5.96. The summed E-state index contributed by atoms with van der Waals surface area (Å²) in [5.74, 6) is 0.499. The molecule has 1 amide bonds. The Balaban J connectivity index is 2.07. The molecule has 1 saturated heterocycles. The standard InChI is InChI=1S/C28H39NO5Si/c1-18(30)24-25(19(2)34-35(8,9)28(3,4)5)29(27(24)31)26(20-10-14-22(32-6)15-11-20)21-12-16-23(33-7)17-13-21/h10-17,19,24-26H,1-9H3/t19-,24+,25+/m0/s1. The van der Waals surface area contributed by atoms with Gasteiger partial charge < -0.3 is 18.8 Å². The smallest absolute Gasteiger partial charge is 0.236 e. The topological polar surface area (TPSA) is 65.1 Å². The maximum absolute atomic E-state index is 13.5. The van der Waals surface area contributed by atoms with E-state index in [4.69, 9.17) is 13.9 Å². The molecule has 1 heterocycles. The van der Waals surface area contributed by atoms with Crippen LogP contribution in [0.25, 0.3) is 0 Å². The molecule has 1 fully saturated rings. The molecule has 0 radical (unpaired) electrons. The number of ether oxygens (including phenoxy) is 2. The lowest BCUT2D eigenvalue weighted by Crippen LogP contribution is -2.69. The van der Waals surface area contributed by atoms with Gasteiger partial charge in [0.1, 0.15) is 23.2 Å². The molecule has 2 aromatic rings. The maximum Gasteiger partial charge on any atom is 0.236 e. The van der Waals surface area contributed by atoms with Crippen molar-refractivity contribution in [2.45, 2.75) is 70.9 Å². The van der Waals surface area contributed by atoms with Crippen LogP contribution in [0.1, 0.15) is 51.8 Å². The average Bonchev–Trinajstić information content (AvgIpc) is 2.79. The molecule has 6 nitrogen and oxygen atoms in total. The monoisotopic (exact) mass is 497 g/mol. The van der Waals surface area contributed by atoms with Crippen molar-refractivity contribution in [2.24, 2.45) is 5.92 Å². The summed E-state index contributed by atoms with van der Waals surface area (Å²) in [7, 11) is 1.12. The van der Waals surface area contributed by atoms with E-state index in [1.807, 2.05) is 60.4 Å². The molecule has 0 bridgehead atoms. The van der Waals surface area contributed by atoms with E-state index >= 15 is 0 Å². The number of benzene rings is 2. The summed E-state index contributed by atoms with van der Waals surface area (Å²) < 4.78 is 17.4. The Morgan fingerprint density at radius 2 is 1.34 bits per heavy atom. The van der Waals surface area contributed by atoms with Gasteiger partial charge in [0.25, 0.3) is 0 Å². The number of carbonyl (C=O) groups is 2. The molecule has 3 rings (SSSR count). The van der Waals surface area contributed by atoms with Crippen molar-refractivity contribution in [3.63, 3.8) is 0 Å². The van der Waals surface area contributed by atoms with Crippen LogP contribution in [0.2, 0.25) is 18.1 Å². The van der Waals surface area contributed by atoms with Gasteiger partial charge in [-0.1, -0.05) is 45.0 Å². The second-order valence-electron chi connectivity index (χ2n) is 10.9. The number of hydrogen-bond acceptors (Lipinski definition) is 5. The Hall–Kier alpha value is -2.64. The van der Waals surface area contributed by atoms with Crippen molar-refractivity contribution in [1.82, 2.24) is 4.90 Å². The lowest BCUT2D eigenvalue weighted by Gasteiger charge is -2.54. The molecule has 1 aliphatic heterocycles. The summed E-state index contributed by atoms with van der Waals surface area (Å²) in [4.78, 5) is 28.0. The second kappa shape index (κ2) is 10.2. The number of nitrogens with zero attached hydrogens (tertiary/aromatic N) is 1. The number of amides is 1. The van der Waals surface area contributed by atoms with E-state index in [2.05, 4.69) is 33.9 Å². The molecule has 3 atom stereocenters. The fraction of sp³-hybridized carbons (Fsp3) is 0.500. The minimum atomic E-state index is -2.13. The number of likely N-dealkylation sites (tertiary alicyclic amines) is 1. The van der Waals surface area contributed by atoms with E-state index in [1.54, 1.807) is 14.2 Å². The van der Waals surface area contributed by atoms with Crippen LogP contribution in [0.3, 0.4) is 0 Å². The van der Waals surface area contributed by atoms with Gasteiger partial charge >= 0.3 is 0 Å². The van der Waals surface area contributed by atoms with E-state index in [9.17, 15) is 9.59 Å². The van der Waals surface area contributed by atoms with Crippen molar-refractivity contribution < 1.29 is 23.5 Å². The van der Waals surface area contributed by atoms with E-state index in [-0.39, 0.29) is 34.9 Å². The zero-order valence-electron chi connectivity index (χ0n) is 22.4. The maximum atomic E-state index is 13.5. The van der Waals surface area contributed by atoms with Crippen molar-refractivity contribution in [2.75, 3.05) is 14.2 Å². The molecule has 1 aliphatic rings. The molecule has 0 saturated carbocycles. The van der Waals surface area contributed by atoms with Gasteiger partial charge in [0.15, 0.2) is 8.32 Å². The quantitative estimate of drug-likeness (QED) is 0.256. The number of β-lactam (4-membered cyclic amide) rings is 1. The van der Waals surface area contributed by atoms with Crippen LogP contribution in [0.5, 0.6) is 11.5 Å². The minimum absolute atomic E-state index is 0.0108. The SMILES string of the molecule is COc1ccc(C(c2ccc(OC)cc2)N2C(=O)[C@H](C(C)=O)[C@H]2[C@H](C)O[Si](C)(C)C(C)(C)C)cc1. The van der Waals surface area contributed by atoms with E-state index in [0.717, 1.165) is 22.6 Å². The molecular formula is C28H39NO5Si. The van der Waals surface area contributed by atoms with Gasteiger partial charge in [-0.05, 0) is 67.4 Å². The molecule has 35 heavy (non-hydrogen) atoms. The van der Waals surface area contributed by atoms with Gasteiger partial charge in [-0.2, -0.15) is 0 Å². The summed E-state index contributed by atoms with van der Waals surface area (Å²) >= 11 is 0. The van der Waals surface area contributed by atoms with E-state index < -0.39 is 14.2 Å². The highest BCUT2D eigenvalue weighted by Gasteiger charge is 2.56. The largest absolute Gasteiger partial charge is 0.497 e. The first-order valence-corrected chi connectivity index (χ1v) is 15.0. The predicted molar refractivity (Wildman–Crippen MR) is 140 cm³/mol. The lowest BCUT2D eigenvalue weighted by molar-refractivity contribution is -0.170. The third-order valence-corrected chi connectivity index (χ3v) is 12.1. The van der Waals surface area contributed by atoms with Crippen molar-refractivity contribution in [1.29, 1.82) is 0 Å². The van der Waals surface area contributed by atoms with Gasteiger partial charge in [-0.25, -0.2) is 0 Å². The summed E-state index contributed by atoms with van der Waals surface area (Å²) in [5.41, 5.74) is 1.88. The molecular weight excluding hydrogens is 458 g/mol. The summed E-state index contributed by atoms with van der Waals surface area (Å²) in [6, 6.07) is 14.7. The van der Waals surface area contributed by atoms with Gasteiger partial charge in [0.2, 0.25) is 5.91 Å². The third-order valence-electron chi connectivity index (χ3n) is 7.53. The Labute approximate surface area is 210 Å². The average molecular weight is 498 g/mol. The van der Waals surface area contributed by atoms with Crippen LogP contribution in [0.4, 0.5) is 0 Å². The van der Waals surface area contributed by atoms with Crippen molar-refractivity contribution in [3.8, 4) is 11.5 Å². The predicted octanol–water partition coefficient (Wildman–Crippen LogP) is 5.62. The first kappa shape index (κ1) is 27.0. The van der Waals surface area contributed by atoms with Gasteiger partial charge in [-0.15, -0.1) is 0 Å². The highest BCUT2D eigenvalue weighted by Crippen LogP contribution is 2.45. The normalized spacial score (nSPS) is 19.4. The minimum Gasteiger partial charge on any atom is -0.497 e. The zero-order valence-corrected chi connectivity index (χ0v) is 23.4. The van der Waals surface area contributed by atoms with Crippen LogP contribution in [-0.4, -0.2) is 51.3 Å². The number of ketones is 1. The van der Waals surface area contributed by atoms with Crippen LogP contribution in [0, 0.1) is 5.92 Å². The van der Waals surface area contributed by atoms with Crippen LogP contribution < -0.4 is 9.47 Å². The fourth-order valence-electron chi connectivity index (χ4n) is 4.54. The van der Waals surface area contributed by atoms with E-state index in [0.29, 0.717) is 0 Å². The first-order valence-electron chi connectivity index (χ1n) is 12.1. The molecule has 2 aromatic carbocycles. The van der Waals surface area contributed by atoms with Gasteiger partial charge in [0, 0.05) is 0 Å². The molecule has 0 aromatic heterocycles. The van der Waals surface area contributed by atoms with E-state index in [1.165, 1.54) is 6.92 Å². The Kier molecular flexibility index (Phi) is 7.82. The second-order valence-corrected chi connectivity index (χ2v) is 15.6. The van der Waals surface area contributed by atoms with Gasteiger partial charge in [0.05, 0.1) is 32.4 Å². The molecule has 0 aliphatic carbocycles. The van der Waals surface area contributed by atoms with Crippen LogP contribution in [0.15, 0.2) is 48.5 Å². The molecule has 0 N–H and O–H groups in total. The first-order chi connectivity index (χ1) is 16.3. The number of carbonyl (C=O) groups excluding carboxylic acids is 2. The Bertz CT molecular complexity index is 995.